The molecule has 32 heavy (non-hydrogen) atoms. The number of fused-ring (bicyclic) bond motifs is 1. The number of hydrogen-bond acceptors (Lipinski definition) is 6. The molecule has 0 saturated carbocycles. The molecule has 1 atom stereocenters. The molecule has 9 heteroatoms. The number of benzene rings is 2. The lowest BCUT2D eigenvalue weighted by atomic mass is 10.0. The number of amides is 2. The molecule has 0 aliphatic carbocycles. The quantitative estimate of drug-likeness (QED) is 0.321. The summed E-state index contributed by atoms with van der Waals surface area (Å²) in [6, 6.07) is 17.5. The van der Waals surface area contributed by atoms with E-state index < -0.39 is 23.4 Å². The van der Waals surface area contributed by atoms with Crippen LogP contribution >= 0.6 is 0 Å². The van der Waals surface area contributed by atoms with Crippen LogP contribution in [0.25, 0.3) is 10.8 Å². The maximum absolute atomic E-state index is 13.0. The Hall–Kier alpha value is -4.66. The third-order valence-corrected chi connectivity index (χ3v) is 4.65. The van der Waals surface area contributed by atoms with E-state index in [0.29, 0.717) is 21.9 Å². The van der Waals surface area contributed by atoms with Crippen LogP contribution < -0.4 is 16.3 Å². The fraction of sp³-hybridized carbons (Fsp3) is 0.0435. The highest BCUT2D eigenvalue weighted by Crippen LogP contribution is 2.20. The first-order valence-electron chi connectivity index (χ1n) is 9.69. The van der Waals surface area contributed by atoms with Crippen molar-refractivity contribution in [2.24, 2.45) is 5.10 Å². The number of hydrazone groups is 1. The Labute approximate surface area is 182 Å². The standard InChI is InChI=1S/C23H18N6O3/c30-21(16-8-2-1-3-9-16)26-20(23(32)28-25-14-15-7-6-12-24-13-15)19-17-10-4-5-11-18(17)22(31)29-27-19/h1-14,20H,(H,26,30)(H,28,32)(H,29,31)/t20-/m1/s1. The van der Waals surface area contributed by atoms with E-state index in [1.807, 2.05) is 0 Å². The van der Waals surface area contributed by atoms with Crippen molar-refractivity contribution < 1.29 is 9.59 Å². The van der Waals surface area contributed by atoms with Crippen LogP contribution in [-0.4, -0.2) is 33.2 Å². The summed E-state index contributed by atoms with van der Waals surface area (Å²) in [6.07, 6.45) is 4.64. The maximum atomic E-state index is 13.0. The summed E-state index contributed by atoms with van der Waals surface area (Å²) < 4.78 is 0. The summed E-state index contributed by atoms with van der Waals surface area (Å²) in [4.78, 5) is 42.0. The molecule has 9 nitrogen and oxygen atoms in total. The van der Waals surface area contributed by atoms with Crippen molar-refractivity contribution in [3.05, 3.63) is 106 Å². The van der Waals surface area contributed by atoms with Crippen molar-refractivity contribution in [3.8, 4) is 0 Å². The zero-order chi connectivity index (χ0) is 22.3. The van der Waals surface area contributed by atoms with E-state index in [-0.39, 0.29) is 5.69 Å². The minimum atomic E-state index is -1.21. The number of rotatable bonds is 6. The summed E-state index contributed by atoms with van der Waals surface area (Å²) in [6.45, 7) is 0. The largest absolute Gasteiger partial charge is 0.335 e. The highest BCUT2D eigenvalue weighted by atomic mass is 16.2. The molecule has 0 bridgehead atoms. The van der Waals surface area contributed by atoms with Crippen molar-refractivity contribution >= 4 is 28.8 Å². The Kier molecular flexibility index (Phi) is 6.08. The fourth-order valence-electron chi connectivity index (χ4n) is 3.11. The van der Waals surface area contributed by atoms with Gasteiger partial charge in [-0.3, -0.25) is 19.4 Å². The number of carbonyl (C=O) groups excluding carboxylic acids is 2. The van der Waals surface area contributed by atoms with Gasteiger partial charge in [-0.1, -0.05) is 42.5 Å². The molecule has 158 valence electrons. The molecule has 2 aromatic heterocycles. The van der Waals surface area contributed by atoms with Gasteiger partial charge in [0.2, 0.25) is 0 Å². The summed E-state index contributed by atoms with van der Waals surface area (Å²) in [5, 5.41) is 13.9. The first-order chi connectivity index (χ1) is 15.6. The topological polar surface area (TPSA) is 129 Å². The molecular weight excluding hydrogens is 408 g/mol. The van der Waals surface area contributed by atoms with Gasteiger partial charge in [-0.15, -0.1) is 0 Å². The van der Waals surface area contributed by atoms with E-state index >= 15 is 0 Å². The fourth-order valence-corrected chi connectivity index (χ4v) is 3.11. The van der Waals surface area contributed by atoms with Gasteiger partial charge in [-0.2, -0.15) is 10.2 Å². The van der Waals surface area contributed by atoms with Gasteiger partial charge in [0.25, 0.3) is 17.4 Å². The summed E-state index contributed by atoms with van der Waals surface area (Å²) >= 11 is 0. The van der Waals surface area contributed by atoms with Crippen LogP contribution in [0.3, 0.4) is 0 Å². The first-order valence-corrected chi connectivity index (χ1v) is 9.69. The number of nitrogens with zero attached hydrogens (tertiary/aromatic N) is 3. The Morgan fingerprint density at radius 1 is 0.969 bits per heavy atom. The number of carbonyl (C=O) groups is 2. The normalized spacial score (nSPS) is 11.9. The molecule has 0 aliphatic rings. The number of H-pyrrole nitrogens is 1. The Balaban J connectivity index is 1.68. The number of nitrogens with one attached hydrogen (secondary N) is 3. The molecule has 0 radical (unpaired) electrons. The molecule has 4 rings (SSSR count). The van der Waals surface area contributed by atoms with E-state index in [0.717, 1.165) is 0 Å². The minimum absolute atomic E-state index is 0.193. The molecule has 4 aromatic rings. The predicted octanol–water partition coefficient (Wildman–Crippen LogP) is 1.94. The average Bonchev–Trinajstić information content (AvgIpc) is 2.84. The second kappa shape index (κ2) is 9.43. The van der Waals surface area contributed by atoms with Gasteiger partial charge in [-0.05, 0) is 24.3 Å². The second-order valence-electron chi connectivity index (χ2n) is 6.78. The van der Waals surface area contributed by atoms with Gasteiger partial charge in [0.1, 0.15) is 5.69 Å². The SMILES string of the molecule is O=C(N[C@@H](C(=O)NN=Cc1cccnc1)c1n[nH]c(=O)c2ccccc12)c1ccccc1. The smallest absolute Gasteiger partial charge is 0.272 e. The van der Waals surface area contributed by atoms with Crippen LogP contribution in [0.1, 0.15) is 27.7 Å². The number of aromatic nitrogens is 3. The van der Waals surface area contributed by atoms with Crippen LogP contribution in [-0.2, 0) is 4.79 Å². The van der Waals surface area contributed by atoms with Gasteiger partial charge in [0.15, 0.2) is 6.04 Å². The highest BCUT2D eigenvalue weighted by molar-refractivity contribution is 5.99. The third kappa shape index (κ3) is 4.57. The van der Waals surface area contributed by atoms with Crippen LogP contribution in [0.4, 0.5) is 0 Å². The van der Waals surface area contributed by atoms with E-state index in [4.69, 9.17) is 0 Å². The predicted molar refractivity (Wildman–Crippen MR) is 119 cm³/mol. The molecule has 0 aliphatic heterocycles. The van der Waals surface area contributed by atoms with Crippen LogP contribution in [0.2, 0.25) is 0 Å². The zero-order valence-electron chi connectivity index (χ0n) is 16.7. The maximum Gasteiger partial charge on any atom is 0.272 e. The number of aromatic amines is 1. The lowest BCUT2D eigenvalue weighted by Crippen LogP contribution is -2.40. The van der Waals surface area contributed by atoms with E-state index in [1.54, 1.807) is 79.1 Å². The van der Waals surface area contributed by atoms with Crippen molar-refractivity contribution in [3.63, 3.8) is 0 Å². The van der Waals surface area contributed by atoms with E-state index in [9.17, 15) is 14.4 Å². The van der Waals surface area contributed by atoms with Gasteiger partial charge in [0.05, 0.1) is 11.6 Å². The number of pyridine rings is 1. The first kappa shape index (κ1) is 20.6. The van der Waals surface area contributed by atoms with Crippen molar-refractivity contribution in [1.82, 2.24) is 25.9 Å². The van der Waals surface area contributed by atoms with E-state index in [2.05, 4.69) is 31.0 Å². The molecule has 2 aromatic carbocycles. The zero-order valence-corrected chi connectivity index (χ0v) is 16.7. The molecule has 0 spiro atoms. The Bertz CT molecular complexity index is 1340. The van der Waals surface area contributed by atoms with Gasteiger partial charge in [-0.25, -0.2) is 10.5 Å². The number of hydrogen-bond donors (Lipinski definition) is 3. The lowest BCUT2D eigenvalue weighted by molar-refractivity contribution is -0.123. The molecule has 2 amide bonds. The van der Waals surface area contributed by atoms with E-state index in [1.165, 1.54) is 6.21 Å². The summed E-state index contributed by atoms with van der Waals surface area (Å²) in [5.74, 6) is -1.10. The Morgan fingerprint density at radius 3 is 2.47 bits per heavy atom. The minimum Gasteiger partial charge on any atom is -0.335 e. The molecule has 0 saturated heterocycles. The molecule has 0 fully saturated rings. The molecular formula is C23H18N6O3. The highest BCUT2D eigenvalue weighted by Gasteiger charge is 2.27. The lowest BCUT2D eigenvalue weighted by Gasteiger charge is -2.18. The van der Waals surface area contributed by atoms with Gasteiger partial charge >= 0.3 is 0 Å². The van der Waals surface area contributed by atoms with Gasteiger partial charge < -0.3 is 5.32 Å². The van der Waals surface area contributed by atoms with Crippen molar-refractivity contribution in [2.45, 2.75) is 6.04 Å². The van der Waals surface area contributed by atoms with Gasteiger partial charge in [0, 0.05) is 28.9 Å². The molecule has 3 N–H and O–H groups in total. The van der Waals surface area contributed by atoms with Crippen LogP contribution in [0, 0.1) is 0 Å². The molecule has 2 heterocycles. The third-order valence-electron chi connectivity index (χ3n) is 4.65. The van der Waals surface area contributed by atoms with Crippen molar-refractivity contribution in [2.75, 3.05) is 0 Å². The summed E-state index contributed by atoms with van der Waals surface area (Å²) in [5.41, 5.74) is 3.28. The van der Waals surface area contributed by atoms with Crippen LogP contribution in [0.5, 0.6) is 0 Å². The second-order valence-corrected chi connectivity index (χ2v) is 6.78. The summed E-state index contributed by atoms with van der Waals surface area (Å²) in [7, 11) is 0. The van der Waals surface area contributed by atoms with Crippen LogP contribution in [0.15, 0.2) is 89.0 Å². The van der Waals surface area contributed by atoms with Crippen molar-refractivity contribution in [1.29, 1.82) is 0 Å². The monoisotopic (exact) mass is 426 g/mol. The Morgan fingerprint density at radius 2 is 1.72 bits per heavy atom. The average molecular weight is 426 g/mol. The molecule has 0 unspecified atom stereocenters.